The van der Waals surface area contributed by atoms with Gasteiger partial charge in [-0.15, -0.1) is 10.2 Å². The van der Waals surface area contributed by atoms with Crippen LogP contribution < -0.4 is 0 Å². The van der Waals surface area contributed by atoms with Crippen molar-refractivity contribution < 1.29 is 9.90 Å². The lowest BCUT2D eigenvalue weighted by atomic mass is 9.47. The number of Topliss-reactive ketones (excluding diaryl/α,β-unsaturated/α-hetero) is 1. The average Bonchev–Trinajstić information content (AvgIpc) is 3.29. The fourth-order valence-electron chi connectivity index (χ4n) is 7.74. The van der Waals surface area contributed by atoms with Gasteiger partial charge in [0.1, 0.15) is 6.54 Å². The Morgan fingerprint density at radius 1 is 1.21 bits per heavy atom. The van der Waals surface area contributed by atoms with Gasteiger partial charge >= 0.3 is 0 Å². The number of fused-ring (bicyclic) bond motifs is 5. The van der Waals surface area contributed by atoms with Crippen molar-refractivity contribution >= 4 is 5.78 Å². The highest BCUT2D eigenvalue weighted by Crippen LogP contribution is 2.66. The summed E-state index contributed by atoms with van der Waals surface area (Å²) in [5.41, 5.74) is 1.45. The summed E-state index contributed by atoms with van der Waals surface area (Å²) < 4.78 is 0. The van der Waals surface area contributed by atoms with Gasteiger partial charge in [0.05, 0.1) is 5.60 Å². The molecule has 1 unspecified atom stereocenters. The smallest absolute Gasteiger partial charge is 0.162 e. The third-order valence-electron chi connectivity index (χ3n) is 9.39. The maximum absolute atomic E-state index is 13.1. The monoisotopic (exact) mass is 398 g/mol. The zero-order valence-corrected chi connectivity index (χ0v) is 18.0. The highest BCUT2D eigenvalue weighted by Gasteiger charge is 2.59. The summed E-state index contributed by atoms with van der Waals surface area (Å²) in [5, 5.41) is 22.3. The largest absolute Gasteiger partial charge is 0.390 e. The Morgan fingerprint density at radius 3 is 2.79 bits per heavy atom. The summed E-state index contributed by atoms with van der Waals surface area (Å²) in [4.78, 5) is 14.5. The van der Waals surface area contributed by atoms with E-state index in [1.54, 1.807) is 5.57 Å². The van der Waals surface area contributed by atoms with E-state index in [-0.39, 0.29) is 29.1 Å². The van der Waals surface area contributed by atoms with Crippen molar-refractivity contribution in [2.75, 3.05) is 0 Å². The first-order chi connectivity index (χ1) is 13.7. The lowest BCUT2D eigenvalue weighted by molar-refractivity contribution is -0.128. The maximum Gasteiger partial charge on any atom is 0.162 e. The number of tetrazole rings is 1. The number of aromatic nitrogens is 4. The van der Waals surface area contributed by atoms with E-state index in [2.05, 4.69) is 35.3 Å². The molecule has 0 spiro atoms. The number of rotatable bonds is 3. The van der Waals surface area contributed by atoms with Crippen LogP contribution in [0.5, 0.6) is 0 Å². The molecule has 0 saturated heterocycles. The van der Waals surface area contributed by atoms with Gasteiger partial charge in [0.15, 0.2) is 12.1 Å². The highest BCUT2D eigenvalue weighted by atomic mass is 16.3. The first kappa shape index (κ1) is 19.4. The third-order valence-corrected chi connectivity index (χ3v) is 9.39. The molecule has 0 aromatic carbocycles. The number of ketones is 1. The second kappa shape index (κ2) is 6.47. The first-order valence-corrected chi connectivity index (χ1v) is 11.4. The molecule has 5 rings (SSSR count). The van der Waals surface area contributed by atoms with Crippen molar-refractivity contribution in [3.8, 4) is 0 Å². The van der Waals surface area contributed by atoms with E-state index in [4.69, 9.17) is 0 Å². The molecular formula is C23H34N4O2. The van der Waals surface area contributed by atoms with Gasteiger partial charge in [-0.2, -0.15) is 4.80 Å². The molecule has 0 amide bonds. The average molecular weight is 399 g/mol. The summed E-state index contributed by atoms with van der Waals surface area (Å²) in [6.45, 7) is 7.07. The van der Waals surface area contributed by atoms with Crippen molar-refractivity contribution in [1.29, 1.82) is 0 Å². The van der Waals surface area contributed by atoms with Gasteiger partial charge in [-0.3, -0.25) is 4.79 Å². The molecule has 158 valence electrons. The van der Waals surface area contributed by atoms with E-state index in [9.17, 15) is 9.90 Å². The number of aliphatic hydroxyl groups is 1. The van der Waals surface area contributed by atoms with Gasteiger partial charge < -0.3 is 5.11 Å². The van der Waals surface area contributed by atoms with Crippen molar-refractivity contribution in [3.63, 3.8) is 0 Å². The topological polar surface area (TPSA) is 80.9 Å². The van der Waals surface area contributed by atoms with Gasteiger partial charge in [-0.1, -0.05) is 25.5 Å². The molecule has 0 bridgehead atoms. The van der Waals surface area contributed by atoms with E-state index in [1.807, 2.05) is 6.92 Å². The second-order valence-electron chi connectivity index (χ2n) is 11.0. The van der Waals surface area contributed by atoms with E-state index in [0.29, 0.717) is 17.8 Å². The van der Waals surface area contributed by atoms with Crippen LogP contribution in [0.15, 0.2) is 18.0 Å². The quantitative estimate of drug-likeness (QED) is 0.787. The molecule has 6 heteroatoms. The van der Waals surface area contributed by atoms with Crippen LogP contribution in [0.4, 0.5) is 0 Å². The molecule has 3 fully saturated rings. The second-order valence-corrected chi connectivity index (χ2v) is 11.0. The van der Waals surface area contributed by atoms with E-state index in [0.717, 1.165) is 38.5 Å². The van der Waals surface area contributed by atoms with Crippen LogP contribution in [-0.4, -0.2) is 36.7 Å². The Kier molecular flexibility index (Phi) is 4.33. The number of hydrogen-bond donors (Lipinski definition) is 1. The van der Waals surface area contributed by atoms with Crippen LogP contribution in [0, 0.1) is 34.5 Å². The molecule has 0 radical (unpaired) electrons. The van der Waals surface area contributed by atoms with Crippen molar-refractivity contribution in [2.45, 2.75) is 84.3 Å². The normalized spacial score (nSPS) is 46.4. The molecule has 1 heterocycles. The van der Waals surface area contributed by atoms with Gasteiger partial charge in [-0.25, -0.2) is 0 Å². The molecule has 1 aromatic heterocycles. The van der Waals surface area contributed by atoms with Crippen molar-refractivity contribution in [1.82, 2.24) is 20.2 Å². The predicted octanol–water partition coefficient (Wildman–Crippen LogP) is 3.57. The molecule has 1 aromatic rings. The molecule has 1 N–H and O–H groups in total. The fourth-order valence-corrected chi connectivity index (χ4v) is 7.74. The Labute approximate surface area is 173 Å². The van der Waals surface area contributed by atoms with Crippen LogP contribution >= 0.6 is 0 Å². The zero-order valence-electron chi connectivity index (χ0n) is 18.0. The molecule has 3 saturated carbocycles. The number of nitrogens with zero attached hydrogens (tertiary/aromatic N) is 4. The number of carbonyl (C=O) groups is 1. The molecule has 4 aliphatic rings. The molecule has 6 nitrogen and oxygen atoms in total. The fraction of sp³-hybridized carbons (Fsp3) is 0.826. The summed E-state index contributed by atoms with van der Waals surface area (Å²) in [6.07, 6.45) is 12.4. The predicted molar refractivity (Wildman–Crippen MR) is 109 cm³/mol. The number of allylic oxidation sites excluding steroid dienone is 2. The molecule has 0 aliphatic heterocycles. The highest BCUT2D eigenvalue weighted by molar-refractivity contribution is 5.82. The molecule has 7 atom stereocenters. The van der Waals surface area contributed by atoms with Gasteiger partial charge in [0.2, 0.25) is 0 Å². The standard InChI is InChI=1S/C23H34N4O2/c1-21(29)10-11-22(2)15(12-21)4-5-16-17-6-7-19(23(17,3)9-8-18(16)22)20(28)13-27-25-14-24-26-27/h8,14-17,19,29H,4-7,9-13H2,1-3H3/t15-,16+,17?,19-,21-,22+,23+/m1/s1. The van der Waals surface area contributed by atoms with Crippen LogP contribution in [-0.2, 0) is 11.3 Å². The van der Waals surface area contributed by atoms with Crippen LogP contribution in [0.2, 0.25) is 0 Å². The first-order valence-electron chi connectivity index (χ1n) is 11.4. The zero-order chi connectivity index (χ0) is 20.4. The minimum Gasteiger partial charge on any atom is -0.390 e. The third kappa shape index (κ3) is 2.93. The van der Waals surface area contributed by atoms with Gasteiger partial charge in [-0.05, 0) is 92.1 Å². The summed E-state index contributed by atoms with van der Waals surface area (Å²) in [5.74, 6) is 2.16. The van der Waals surface area contributed by atoms with Crippen LogP contribution in [0.1, 0.15) is 72.1 Å². The minimum absolute atomic E-state index is 0.0508. The van der Waals surface area contributed by atoms with Gasteiger partial charge in [0.25, 0.3) is 0 Å². The number of hydrogen-bond acceptors (Lipinski definition) is 5. The Bertz CT molecular complexity index is 832. The molecular weight excluding hydrogens is 364 g/mol. The van der Waals surface area contributed by atoms with Crippen LogP contribution in [0.25, 0.3) is 0 Å². The summed E-state index contributed by atoms with van der Waals surface area (Å²) >= 11 is 0. The SMILES string of the molecule is C[C@@]1(O)CC[C@]2(C)C3=CC[C@@]4(C)C(CC[C@@H]4C(=O)Cn4ncnn4)[C@@H]3CC[C@@H]2C1. The minimum atomic E-state index is -0.499. The van der Waals surface area contributed by atoms with E-state index in [1.165, 1.54) is 24.0 Å². The maximum atomic E-state index is 13.1. The van der Waals surface area contributed by atoms with Crippen molar-refractivity contribution in [2.24, 2.45) is 34.5 Å². The van der Waals surface area contributed by atoms with Gasteiger partial charge in [0, 0.05) is 5.92 Å². The lowest BCUT2D eigenvalue weighted by Crippen LogP contribution is -2.51. The molecule has 4 aliphatic carbocycles. The number of carbonyl (C=O) groups excluding carboxylic acids is 1. The van der Waals surface area contributed by atoms with E-state index >= 15 is 0 Å². The molecule has 29 heavy (non-hydrogen) atoms. The lowest BCUT2D eigenvalue weighted by Gasteiger charge is -2.58. The van der Waals surface area contributed by atoms with E-state index < -0.39 is 5.60 Å². The Morgan fingerprint density at radius 2 is 2.03 bits per heavy atom. The Balaban J connectivity index is 1.40. The summed E-state index contributed by atoms with van der Waals surface area (Å²) in [6, 6.07) is 0. The Hall–Kier alpha value is -1.56. The summed E-state index contributed by atoms with van der Waals surface area (Å²) in [7, 11) is 0. The van der Waals surface area contributed by atoms with Crippen molar-refractivity contribution in [3.05, 3.63) is 18.0 Å². The van der Waals surface area contributed by atoms with Crippen LogP contribution in [0.3, 0.4) is 0 Å².